The Bertz CT molecular complexity index is 713. The Labute approximate surface area is 123 Å². The van der Waals surface area contributed by atoms with Gasteiger partial charge in [0.2, 0.25) is 0 Å². The Balaban J connectivity index is 1.70. The molecule has 2 fully saturated rings. The van der Waals surface area contributed by atoms with E-state index in [1.807, 2.05) is 24.3 Å². The van der Waals surface area contributed by atoms with Crippen molar-refractivity contribution in [2.24, 2.45) is 11.8 Å². The highest BCUT2D eigenvalue weighted by Crippen LogP contribution is 2.45. The lowest BCUT2D eigenvalue weighted by Crippen LogP contribution is -2.26. The van der Waals surface area contributed by atoms with Gasteiger partial charge in [0.15, 0.2) is 0 Å². The van der Waals surface area contributed by atoms with Crippen LogP contribution >= 0.6 is 0 Å². The molecule has 4 rings (SSSR count). The van der Waals surface area contributed by atoms with Crippen LogP contribution in [0.1, 0.15) is 36.0 Å². The van der Waals surface area contributed by atoms with Crippen molar-refractivity contribution in [3.63, 3.8) is 0 Å². The van der Waals surface area contributed by atoms with Crippen LogP contribution in [0, 0.1) is 11.8 Å². The van der Waals surface area contributed by atoms with Gasteiger partial charge in [0.1, 0.15) is 5.82 Å². The van der Waals surface area contributed by atoms with Gasteiger partial charge in [-0.05, 0) is 43.2 Å². The third-order valence-corrected chi connectivity index (χ3v) is 5.02. The molecule has 2 aliphatic carbocycles. The molecule has 2 bridgehead atoms. The van der Waals surface area contributed by atoms with Gasteiger partial charge in [0, 0.05) is 11.4 Å². The maximum atomic E-state index is 11.5. The van der Waals surface area contributed by atoms with Gasteiger partial charge in [0.25, 0.3) is 0 Å². The summed E-state index contributed by atoms with van der Waals surface area (Å²) in [4.78, 5) is 16.1. The highest BCUT2D eigenvalue weighted by Gasteiger charge is 2.39. The zero-order valence-corrected chi connectivity index (χ0v) is 11.7. The molecule has 1 aromatic heterocycles. The maximum absolute atomic E-state index is 11.5. The van der Waals surface area contributed by atoms with Crippen LogP contribution in [0.2, 0.25) is 0 Å². The zero-order chi connectivity index (χ0) is 14.4. The summed E-state index contributed by atoms with van der Waals surface area (Å²) in [5.74, 6) is 1.39. The van der Waals surface area contributed by atoms with Crippen molar-refractivity contribution in [3.05, 3.63) is 35.9 Å². The summed E-state index contributed by atoms with van der Waals surface area (Å²) in [5.41, 5.74) is 1.06. The highest BCUT2D eigenvalue weighted by molar-refractivity contribution is 6.03. The summed E-state index contributed by atoms with van der Waals surface area (Å²) in [6.45, 7) is 0. The molecular weight excluding hydrogens is 264 g/mol. The number of nitrogens with zero attached hydrogens (tertiary/aromatic N) is 1. The van der Waals surface area contributed by atoms with Gasteiger partial charge in [-0.15, -0.1) is 0 Å². The van der Waals surface area contributed by atoms with Crippen molar-refractivity contribution in [1.82, 2.24) is 4.98 Å². The fraction of sp³-hybridized carbons (Fsp3) is 0.412. The van der Waals surface area contributed by atoms with Gasteiger partial charge in [-0.3, -0.25) is 0 Å². The second kappa shape index (κ2) is 4.72. The Morgan fingerprint density at radius 2 is 2.10 bits per heavy atom. The SMILES string of the molecule is O=C(O)c1cc(NC2CC3CCC2C3)nc2ccccc12. The monoisotopic (exact) mass is 282 g/mol. The number of para-hydroxylation sites is 1. The minimum atomic E-state index is -0.899. The fourth-order valence-corrected chi connectivity index (χ4v) is 4.04. The number of carbonyl (C=O) groups is 1. The van der Waals surface area contributed by atoms with Crippen LogP contribution in [0.15, 0.2) is 30.3 Å². The lowest BCUT2D eigenvalue weighted by atomic mass is 9.95. The van der Waals surface area contributed by atoms with Gasteiger partial charge in [0.05, 0.1) is 11.1 Å². The quantitative estimate of drug-likeness (QED) is 0.904. The smallest absolute Gasteiger partial charge is 0.336 e. The molecule has 2 N–H and O–H groups in total. The number of hydrogen-bond acceptors (Lipinski definition) is 3. The van der Waals surface area contributed by atoms with Gasteiger partial charge >= 0.3 is 5.97 Å². The summed E-state index contributed by atoms with van der Waals surface area (Å²) >= 11 is 0. The third-order valence-electron chi connectivity index (χ3n) is 5.02. The summed E-state index contributed by atoms with van der Waals surface area (Å²) in [7, 11) is 0. The average molecular weight is 282 g/mol. The Kier molecular flexibility index (Phi) is 2.84. The van der Waals surface area contributed by atoms with E-state index in [4.69, 9.17) is 0 Å². The first-order valence-corrected chi connectivity index (χ1v) is 7.60. The number of aromatic nitrogens is 1. The summed E-state index contributed by atoms with van der Waals surface area (Å²) < 4.78 is 0. The van der Waals surface area contributed by atoms with Crippen molar-refractivity contribution >= 4 is 22.7 Å². The van der Waals surface area contributed by atoms with E-state index >= 15 is 0 Å². The number of rotatable bonds is 3. The highest BCUT2D eigenvalue weighted by atomic mass is 16.4. The molecule has 2 aromatic rings. The molecule has 108 valence electrons. The summed E-state index contributed by atoms with van der Waals surface area (Å²) in [6.07, 6.45) is 5.16. The van der Waals surface area contributed by atoms with E-state index in [1.165, 1.54) is 25.7 Å². The van der Waals surface area contributed by atoms with Crippen LogP contribution < -0.4 is 5.32 Å². The van der Waals surface area contributed by atoms with E-state index < -0.39 is 5.97 Å². The van der Waals surface area contributed by atoms with Crippen LogP contribution in [-0.4, -0.2) is 22.1 Å². The Morgan fingerprint density at radius 1 is 1.24 bits per heavy atom. The molecule has 0 radical (unpaired) electrons. The molecule has 0 amide bonds. The predicted octanol–water partition coefficient (Wildman–Crippen LogP) is 3.53. The first-order valence-electron chi connectivity index (χ1n) is 7.60. The average Bonchev–Trinajstić information content (AvgIpc) is 3.09. The molecule has 3 atom stereocenters. The standard InChI is InChI=1S/C17H18N2O2/c20-17(21)13-9-16(18-14-4-2-1-3-12(13)14)19-15-8-10-5-6-11(15)7-10/h1-4,9-11,15H,5-8H2,(H,18,19)(H,20,21). The number of hydrogen-bond donors (Lipinski definition) is 2. The van der Waals surface area contributed by atoms with Crippen molar-refractivity contribution in [2.45, 2.75) is 31.7 Å². The number of carboxylic acid groups (broad SMARTS) is 1. The predicted molar refractivity (Wildman–Crippen MR) is 81.6 cm³/mol. The normalized spacial score (nSPS) is 27.1. The van der Waals surface area contributed by atoms with Crippen LogP contribution in [0.25, 0.3) is 10.9 Å². The largest absolute Gasteiger partial charge is 0.478 e. The van der Waals surface area contributed by atoms with E-state index in [0.717, 1.165) is 17.4 Å². The van der Waals surface area contributed by atoms with Crippen molar-refractivity contribution in [1.29, 1.82) is 0 Å². The van der Waals surface area contributed by atoms with Gasteiger partial charge in [-0.1, -0.05) is 24.6 Å². The number of benzene rings is 1. The van der Waals surface area contributed by atoms with Gasteiger partial charge < -0.3 is 10.4 Å². The minimum absolute atomic E-state index is 0.325. The maximum Gasteiger partial charge on any atom is 0.336 e. The van der Waals surface area contributed by atoms with Crippen LogP contribution in [0.5, 0.6) is 0 Å². The van der Waals surface area contributed by atoms with Gasteiger partial charge in [-0.2, -0.15) is 0 Å². The zero-order valence-electron chi connectivity index (χ0n) is 11.7. The summed E-state index contributed by atoms with van der Waals surface area (Å²) in [5, 5.41) is 13.6. The molecule has 1 heterocycles. The van der Waals surface area contributed by atoms with Crippen molar-refractivity contribution < 1.29 is 9.90 Å². The molecule has 21 heavy (non-hydrogen) atoms. The first-order chi connectivity index (χ1) is 10.2. The van der Waals surface area contributed by atoms with Gasteiger partial charge in [-0.25, -0.2) is 9.78 Å². The number of carboxylic acids is 1. The fourth-order valence-electron chi connectivity index (χ4n) is 4.04. The van der Waals surface area contributed by atoms with E-state index in [1.54, 1.807) is 6.07 Å². The Morgan fingerprint density at radius 3 is 2.81 bits per heavy atom. The first kappa shape index (κ1) is 12.6. The number of pyridine rings is 1. The number of fused-ring (bicyclic) bond motifs is 3. The van der Waals surface area contributed by atoms with E-state index in [2.05, 4.69) is 10.3 Å². The third kappa shape index (κ3) is 2.15. The molecule has 2 saturated carbocycles. The minimum Gasteiger partial charge on any atom is -0.478 e. The van der Waals surface area contributed by atoms with Crippen LogP contribution in [0.4, 0.5) is 5.82 Å². The van der Waals surface area contributed by atoms with E-state index in [0.29, 0.717) is 22.8 Å². The molecule has 0 aliphatic heterocycles. The summed E-state index contributed by atoms with van der Waals surface area (Å²) in [6, 6.07) is 9.55. The molecule has 2 aliphatic rings. The van der Waals surface area contributed by atoms with Crippen molar-refractivity contribution in [2.75, 3.05) is 5.32 Å². The second-order valence-electron chi connectivity index (χ2n) is 6.30. The Hall–Kier alpha value is -2.10. The molecule has 4 heteroatoms. The molecule has 0 spiro atoms. The molecule has 1 aromatic carbocycles. The molecule has 3 unspecified atom stereocenters. The topological polar surface area (TPSA) is 62.2 Å². The van der Waals surface area contributed by atoms with E-state index in [-0.39, 0.29) is 0 Å². The van der Waals surface area contributed by atoms with Crippen LogP contribution in [0.3, 0.4) is 0 Å². The number of aromatic carboxylic acids is 1. The molecule has 0 saturated heterocycles. The number of nitrogens with one attached hydrogen (secondary N) is 1. The second-order valence-corrected chi connectivity index (χ2v) is 6.30. The number of anilines is 1. The molecule has 4 nitrogen and oxygen atoms in total. The lowest BCUT2D eigenvalue weighted by molar-refractivity contribution is 0.0699. The molecular formula is C17H18N2O2. The van der Waals surface area contributed by atoms with E-state index in [9.17, 15) is 9.90 Å². The van der Waals surface area contributed by atoms with Crippen LogP contribution in [-0.2, 0) is 0 Å². The van der Waals surface area contributed by atoms with Crippen molar-refractivity contribution in [3.8, 4) is 0 Å². The lowest BCUT2D eigenvalue weighted by Gasteiger charge is -2.23.